The van der Waals surface area contributed by atoms with Gasteiger partial charge in [-0.1, -0.05) is 0 Å². The lowest BCUT2D eigenvalue weighted by molar-refractivity contribution is -0.133. The van der Waals surface area contributed by atoms with E-state index in [-0.39, 0.29) is 18.4 Å². The summed E-state index contributed by atoms with van der Waals surface area (Å²) >= 11 is 0. The maximum atomic E-state index is 12.8. The molecule has 0 amide bonds. The zero-order valence-electron chi connectivity index (χ0n) is 25.0. The topological polar surface area (TPSA) is 85.7 Å². The fraction of sp³-hybridized carbons (Fsp3) is 0.500. The molecule has 0 unspecified atom stereocenters. The number of carbonyl (C=O) groups is 2. The smallest absolute Gasteiger partial charge is 0.338 e. The number of aromatic nitrogens is 1. The van der Waals surface area contributed by atoms with Crippen molar-refractivity contribution < 1.29 is 28.5 Å². The summed E-state index contributed by atoms with van der Waals surface area (Å²) in [5, 5.41) is 0.968. The van der Waals surface area contributed by atoms with E-state index in [9.17, 15) is 9.59 Å². The van der Waals surface area contributed by atoms with Gasteiger partial charge in [-0.25, -0.2) is 4.79 Å². The highest BCUT2D eigenvalue weighted by Gasteiger charge is 2.20. The summed E-state index contributed by atoms with van der Waals surface area (Å²) in [7, 11) is 3.60. The average molecular weight is 579 g/mol. The van der Waals surface area contributed by atoms with Crippen LogP contribution < -0.4 is 9.47 Å². The summed E-state index contributed by atoms with van der Waals surface area (Å²) < 4.78 is 24.0. The van der Waals surface area contributed by atoms with Gasteiger partial charge >= 0.3 is 11.9 Å². The van der Waals surface area contributed by atoms with Crippen LogP contribution in [0.4, 0.5) is 0 Å². The van der Waals surface area contributed by atoms with E-state index in [4.69, 9.17) is 18.9 Å². The van der Waals surface area contributed by atoms with Crippen LogP contribution in [0, 0.1) is 6.92 Å². The van der Waals surface area contributed by atoms with E-state index in [1.807, 2.05) is 32.2 Å². The van der Waals surface area contributed by atoms with Crippen LogP contribution in [0.5, 0.6) is 11.5 Å². The summed E-state index contributed by atoms with van der Waals surface area (Å²) in [6.45, 7) is 13.0. The number of carbonyl (C=O) groups excluding carboxylic acids is 2. The molecule has 0 N–H and O–H groups in total. The Hall–Kier alpha value is -3.44. The highest BCUT2D eigenvalue weighted by molar-refractivity contribution is 5.91. The van der Waals surface area contributed by atoms with E-state index >= 15 is 0 Å². The minimum Gasteiger partial charge on any atom is -0.497 e. The van der Waals surface area contributed by atoms with Gasteiger partial charge in [0.15, 0.2) is 0 Å². The maximum Gasteiger partial charge on any atom is 0.338 e. The lowest BCUT2D eigenvalue weighted by atomic mass is 10.1. The Morgan fingerprint density at radius 2 is 1.45 bits per heavy atom. The van der Waals surface area contributed by atoms with Crippen molar-refractivity contribution in [3.05, 3.63) is 59.3 Å². The van der Waals surface area contributed by atoms with Crippen molar-refractivity contribution in [1.29, 1.82) is 0 Å². The second kappa shape index (κ2) is 14.2. The fourth-order valence-electron chi connectivity index (χ4n) is 5.64. The van der Waals surface area contributed by atoms with Gasteiger partial charge < -0.3 is 23.5 Å². The van der Waals surface area contributed by atoms with Crippen LogP contribution in [0.25, 0.3) is 10.9 Å². The first-order chi connectivity index (χ1) is 20.4. The van der Waals surface area contributed by atoms with Crippen molar-refractivity contribution in [2.45, 2.75) is 13.3 Å². The number of esters is 2. The number of fused-ring (bicyclic) bond motifs is 1. The SMILES string of the molecule is COc1ccc2c(c1)c(CC(=O)Oc1ccc(C(=O)OCCN3CCN(CCN4CCOCC4)CC3)cc1)c(C)n2C. The number of hydrogen-bond donors (Lipinski definition) is 0. The number of morpholine rings is 1. The van der Waals surface area contributed by atoms with Crippen LogP contribution in [-0.2, 0) is 27.7 Å². The van der Waals surface area contributed by atoms with Gasteiger partial charge in [-0.3, -0.25) is 19.5 Å². The third-order valence-electron chi connectivity index (χ3n) is 8.41. The molecule has 3 aromatic rings. The van der Waals surface area contributed by atoms with E-state index in [2.05, 4.69) is 19.3 Å². The third kappa shape index (κ3) is 7.49. The molecule has 10 heteroatoms. The Bertz CT molecular complexity index is 1360. The van der Waals surface area contributed by atoms with E-state index in [0.717, 1.165) is 100 Å². The first-order valence-corrected chi connectivity index (χ1v) is 14.8. The van der Waals surface area contributed by atoms with Crippen molar-refractivity contribution in [3.63, 3.8) is 0 Å². The van der Waals surface area contributed by atoms with Gasteiger partial charge in [0.25, 0.3) is 0 Å². The first kappa shape index (κ1) is 30.0. The zero-order chi connectivity index (χ0) is 29.5. The molecule has 42 heavy (non-hydrogen) atoms. The van der Waals surface area contributed by atoms with Crippen molar-refractivity contribution in [2.75, 3.05) is 85.8 Å². The van der Waals surface area contributed by atoms with Crippen LogP contribution >= 0.6 is 0 Å². The summed E-state index contributed by atoms with van der Waals surface area (Å²) in [4.78, 5) is 32.7. The van der Waals surface area contributed by atoms with Crippen molar-refractivity contribution in [2.24, 2.45) is 7.05 Å². The molecular formula is C32H42N4O6. The molecule has 0 bridgehead atoms. The van der Waals surface area contributed by atoms with Crippen LogP contribution in [0.15, 0.2) is 42.5 Å². The Morgan fingerprint density at radius 1 is 0.833 bits per heavy atom. The van der Waals surface area contributed by atoms with Gasteiger partial charge in [0.1, 0.15) is 18.1 Å². The van der Waals surface area contributed by atoms with Gasteiger partial charge in [-0.05, 0) is 55.0 Å². The molecule has 5 rings (SSSR count). The number of hydrogen-bond acceptors (Lipinski definition) is 9. The van der Waals surface area contributed by atoms with Gasteiger partial charge in [0.2, 0.25) is 0 Å². The average Bonchev–Trinajstić information content (AvgIpc) is 3.25. The van der Waals surface area contributed by atoms with E-state index in [0.29, 0.717) is 17.9 Å². The summed E-state index contributed by atoms with van der Waals surface area (Å²) in [5.74, 6) is 0.378. The molecule has 0 saturated carbocycles. The molecule has 2 fully saturated rings. The first-order valence-electron chi connectivity index (χ1n) is 14.8. The van der Waals surface area contributed by atoms with Crippen LogP contribution in [0.1, 0.15) is 21.6 Å². The Morgan fingerprint density at radius 3 is 2.12 bits per heavy atom. The molecule has 0 atom stereocenters. The molecule has 1 aromatic heterocycles. The number of benzene rings is 2. The molecule has 0 spiro atoms. The molecule has 3 heterocycles. The molecule has 0 radical (unpaired) electrons. The number of piperazine rings is 1. The number of ether oxygens (including phenoxy) is 4. The second-order valence-corrected chi connectivity index (χ2v) is 11.0. The molecule has 10 nitrogen and oxygen atoms in total. The van der Waals surface area contributed by atoms with E-state index in [1.54, 1.807) is 31.4 Å². The number of methoxy groups -OCH3 is 1. The van der Waals surface area contributed by atoms with Gasteiger partial charge in [-0.2, -0.15) is 0 Å². The largest absolute Gasteiger partial charge is 0.497 e. The predicted molar refractivity (Wildman–Crippen MR) is 160 cm³/mol. The summed E-state index contributed by atoms with van der Waals surface area (Å²) in [6.07, 6.45) is 0.127. The number of aryl methyl sites for hydroxylation is 1. The molecular weight excluding hydrogens is 536 g/mol. The summed E-state index contributed by atoms with van der Waals surface area (Å²) in [5.41, 5.74) is 3.37. The van der Waals surface area contributed by atoms with Crippen LogP contribution in [0.2, 0.25) is 0 Å². The van der Waals surface area contributed by atoms with Crippen LogP contribution in [-0.4, -0.2) is 117 Å². The Labute approximate surface area is 247 Å². The normalized spacial score (nSPS) is 16.9. The summed E-state index contributed by atoms with van der Waals surface area (Å²) in [6, 6.07) is 12.4. The highest BCUT2D eigenvalue weighted by atomic mass is 16.5. The zero-order valence-corrected chi connectivity index (χ0v) is 25.0. The lowest BCUT2D eigenvalue weighted by Gasteiger charge is -2.36. The quantitative estimate of drug-likeness (QED) is 0.252. The third-order valence-corrected chi connectivity index (χ3v) is 8.41. The van der Waals surface area contributed by atoms with Gasteiger partial charge in [0.05, 0.1) is 32.3 Å². The lowest BCUT2D eigenvalue weighted by Crippen LogP contribution is -2.50. The molecule has 2 saturated heterocycles. The predicted octanol–water partition coefficient (Wildman–Crippen LogP) is 2.75. The highest BCUT2D eigenvalue weighted by Crippen LogP contribution is 2.29. The monoisotopic (exact) mass is 578 g/mol. The Kier molecular flexibility index (Phi) is 10.1. The van der Waals surface area contributed by atoms with Crippen LogP contribution in [0.3, 0.4) is 0 Å². The van der Waals surface area contributed by atoms with E-state index < -0.39 is 0 Å². The molecule has 226 valence electrons. The molecule has 2 aliphatic heterocycles. The van der Waals surface area contributed by atoms with Gasteiger partial charge in [-0.15, -0.1) is 0 Å². The standard InChI is InChI=1S/C32H42N4O6/c1-24-28(29-22-27(39-3)8-9-30(29)33(24)2)23-31(37)42-26-6-4-25(5-7-26)32(38)41-21-18-35-13-10-34(11-14-35)12-15-36-16-19-40-20-17-36/h4-9,22H,10-21,23H2,1-3H3. The molecule has 2 aliphatic rings. The number of rotatable bonds is 11. The van der Waals surface area contributed by atoms with E-state index in [1.165, 1.54) is 0 Å². The number of nitrogens with zero attached hydrogens (tertiary/aromatic N) is 4. The fourth-order valence-corrected chi connectivity index (χ4v) is 5.64. The Balaban J connectivity index is 1.03. The van der Waals surface area contributed by atoms with Crippen molar-refractivity contribution in [1.82, 2.24) is 19.3 Å². The van der Waals surface area contributed by atoms with Crippen molar-refractivity contribution in [3.8, 4) is 11.5 Å². The molecule has 0 aliphatic carbocycles. The maximum absolute atomic E-state index is 12.8. The minimum atomic E-state index is -0.377. The van der Waals surface area contributed by atoms with Crippen molar-refractivity contribution >= 4 is 22.8 Å². The van der Waals surface area contributed by atoms with Gasteiger partial charge in [0, 0.05) is 82.5 Å². The minimum absolute atomic E-state index is 0.127. The molecule has 2 aromatic carbocycles. The second-order valence-electron chi connectivity index (χ2n) is 11.0.